The van der Waals surface area contributed by atoms with Crippen LogP contribution in [0.4, 0.5) is 4.79 Å². The summed E-state index contributed by atoms with van der Waals surface area (Å²) in [6, 6.07) is 9.83. The van der Waals surface area contributed by atoms with E-state index in [0.717, 1.165) is 3.97 Å². The highest BCUT2D eigenvalue weighted by atomic mass is 79.9. The Bertz CT molecular complexity index is 855. The first kappa shape index (κ1) is 19.5. The van der Waals surface area contributed by atoms with Gasteiger partial charge in [0, 0.05) is 13.2 Å². The van der Waals surface area contributed by atoms with Crippen LogP contribution < -0.4 is 0 Å². The summed E-state index contributed by atoms with van der Waals surface area (Å²) < 4.78 is 32.2. The number of nitrogens with zero attached hydrogens (tertiary/aromatic N) is 2. The largest absolute Gasteiger partial charge is 0.444 e. The van der Waals surface area contributed by atoms with Gasteiger partial charge in [0.05, 0.1) is 11.4 Å². The minimum atomic E-state index is -3.70. The molecule has 2 rings (SSSR count). The number of halogens is 1. The zero-order valence-electron chi connectivity index (χ0n) is 14.6. The van der Waals surface area contributed by atoms with Crippen molar-refractivity contribution in [1.82, 2.24) is 8.87 Å². The molecule has 0 aliphatic heterocycles. The number of ether oxygens (including phenoxy) is 1. The topological polar surface area (TPSA) is 68.6 Å². The van der Waals surface area contributed by atoms with E-state index in [4.69, 9.17) is 4.74 Å². The Kier molecular flexibility index (Phi) is 5.63. The Morgan fingerprint density at radius 2 is 1.84 bits per heavy atom. The maximum absolute atomic E-state index is 12.7. The maximum atomic E-state index is 12.7. The van der Waals surface area contributed by atoms with Crippen LogP contribution in [0.25, 0.3) is 0 Å². The highest BCUT2D eigenvalue weighted by molar-refractivity contribution is 9.10. The van der Waals surface area contributed by atoms with Gasteiger partial charge in [-0.15, -0.1) is 0 Å². The molecule has 0 saturated heterocycles. The van der Waals surface area contributed by atoms with E-state index in [-0.39, 0.29) is 11.4 Å². The van der Waals surface area contributed by atoms with Crippen molar-refractivity contribution in [2.45, 2.75) is 37.8 Å². The minimum Gasteiger partial charge on any atom is -0.444 e. The highest BCUT2D eigenvalue weighted by Crippen LogP contribution is 2.23. The maximum Gasteiger partial charge on any atom is 0.410 e. The van der Waals surface area contributed by atoms with Gasteiger partial charge >= 0.3 is 6.09 Å². The molecule has 0 atom stereocenters. The Morgan fingerprint density at radius 1 is 1.24 bits per heavy atom. The van der Waals surface area contributed by atoms with Crippen molar-refractivity contribution in [3.63, 3.8) is 0 Å². The van der Waals surface area contributed by atoms with E-state index in [9.17, 15) is 13.2 Å². The molecule has 0 N–H and O–H groups in total. The Labute approximate surface area is 156 Å². The van der Waals surface area contributed by atoms with Gasteiger partial charge in [-0.25, -0.2) is 17.2 Å². The summed E-state index contributed by atoms with van der Waals surface area (Å²) in [4.78, 5) is 13.6. The fourth-order valence-electron chi connectivity index (χ4n) is 2.12. The summed E-state index contributed by atoms with van der Waals surface area (Å²) in [6.45, 7) is 5.60. The van der Waals surface area contributed by atoms with Crippen LogP contribution >= 0.6 is 15.9 Å². The molecule has 0 radical (unpaired) electrons. The van der Waals surface area contributed by atoms with E-state index in [1.165, 1.54) is 23.2 Å². The van der Waals surface area contributed by atoms with Crippen LogP contribution in [-0.4, -0.2) is 36.0 Å². The predicted octanol–water partition coefficient (Wildman–Crippen LogP) is 3.85. The molecule has 0 spiro atoms. The lowest BCUT2D eigenvalue weighted by atomic mass is 10.2. The molecule has 2 aromatic rings. The minimum absolute atomic E-state index is 0.193. The quantitative estimate of drug-likeness (QED) is 0.741. The third kappa shape index (κ3) is 4.85. The summed E-state index contributed by atoms with van der Waals surface area (Å²) in [5.41, 5.74) is 0.0776. The average Bonchev–Trinajstić information content (AvgIpc) is 2.87. The molecule has 0 saturated carbocycles. The molecule has 0 bridgehead atoms. The van der Waals surface area contributed by atoms with Crippen molar-refractivity contribution < 1.29 is 17.9 Å². The number of carbonyl (C=O) groups excluding carboxylic acids is 1. The molecule has 8 heteroatoms. The van der Waals surface area contributed by atoms with Gasteiger partial charge in [-0.3, -0.25) is 0 Å². The standard InChI is InChI=1S/C17H21BrN2O4S/c1-17(2,3)24-16(21)19(4)11-13-10-15(18)20(12-13)25(22,23)14-8-6-5-7-9-14/h5-10,12H,11H2,1-4H3. The average molecular weight is 429 g/mol. The van der Waals surface area contributed by atoms with Crippen molar-refractivity contribution in [2.24, 2.45) is 0 Å². The van der Waals surface area contributed by atoms with Gasteiger partial charge in [0.25, 0.3) is 10.0 Å². The molecule has 6 nitrogen and oxygen atoms in total. The van der Waals surface area contributed by atoms with Crippen LogP contribution in [0.5, 0.6) is 0 Å². The second-order valence-corrected chi connectivity index (χ2v) is 9.25. The van der Waals surface area contributed by atoms with Gasteiger partial charge in [0.15, 0.2) is 0 Å². The van der Waals surface area contributed by atoms with Crippen LogP contribution in [0.15, 0.2) is 52.1 Å². The SMILES string of the molecule is CN(Cc1cc(Br)n(S(=O)(=O)c2ccccc2)c1)C(=O)OC(C)(C)C. The van der Waals surface area contributed by atoms with E-state index in [2.05, 4.69) is 15.9 Å². The lowest BCUT2D eigenvalue weighted by molar-refractivity contribution is 0.0285. The Hall–Kier alpha value is -1.80. The molecule has 0 unspecified atom stereocenters. The highest BCUT2D eigenvalue weighted by Gasteiger charge is 2.23. The molecule has 0 aliphatic rings. The van der Waals surface area contributed by atoms with Gasteiger partial charge in [0.2, 0.25) is 0 Å². The smallest absolute Gasteiger partial charge is 0.410 e. The lowest BCUT2D eigenvalue weighted by Crippen LogP contribution is -2.33. The lowest BCUT2D eigenvalue weighted by Gasteiger charge is -2.24. The fraction of sp³-hybridized carbons (Fsp3) is 0.353. The van der Waals surface area contributed by atoms with E-state index >= 15 is 0 Å². The molecule has 1 amide bonds. The summed E-state index contributed by atoms with van der Waals surface area (Å²) >= 11 is 3.28. The monoisotopic (exact) mass is 428 g/mol. The summed E-state index contributed by atoms with van der Waals surface area (Å²) in [7, 11) is -2.10. The second kappa shape index (κ2) is 7.21. The molecule has 25 heavy (non-hydrogen) atoms. The van der Waals surface area contributed by atoms with Crippen molar-refractivity contribution >= 4 is 32.0 Å². The van der Waals surface area contributed by atoms with Crippen LogP contribution in [0.2, 0.25) is 0 Å². The number of hydrogen-bond acceptors (Lipinski definition) is 4. The van der Waals surface area contributed by atoms with Crippen LogP contribution in [0, 0.1) is 0 Å². The van der Waals surface area contributed by atoms with E-state index in [1.54, 1.807) is 52.1 Å². The van der Waals surface area contributed by atoms with Crippen molar-refractivity contribution in [2.75, 3.05) is 7.05 Å². The first-order valence-corrected chi connectivity index (χ1v) is 9.85. The number of aromatic nitrogens is 1. The summed E-state index contributed by atoms with van der Waals surface area (Å²) in [5.74, 6) is 0. The van der Waals surface area contributed by atoms with E-state index in [1.807, 2.05) is 0 Å². The number of carbonyl (C=O) groups is 1. The molecular formula is C17H21BrN2O4S. The van der Waals surface area contributed by atoms with Crippen molar-refractivity contribution in [3.8, 4) is 0 Å². The third-order valence-electron chi connectivity index (χ3n) is 3.22. The van der Waals surface area contributed by atoms with Crippen molar-refractivity contribution in [1.29, 1.82) is 0 Å². The van der Waals surface area contributed by atoms with Crippen LogP contribution in [-0.2, 0) is 21.3 Å². The summed E-state index contributed by atoms with van der Waals surface area (Å²) in [5, 5.41) is 0. The van der Waals surface area contributed by atoms with Crippen LogP contribution in [0.1, 0.15) is 26.3 Å². The zero-order valence-corrected chi connectivity index (χ0v) is 17.0. The number of amides is 1. The molecule has 1 heterocycles. The number of benzene rings is 1. The van der Waals surface area contributed by atoms with E-state index in [0.29, 0.717) is 10.2 Å². The molecule has 0 fully saturated rings. The summed E-state index contributed by atoms with van der Waals surface area (Å²) in [6.07, 6.45) is 1.02. The molecule has 1 aromatic heterocycles. The first-order valence-electron chi connectivity index (χ1n) is 7.62. The second-order valence-electron chi connectivity index (χ2n) is 6.62. The van der Waals surface area contributed by atoms with Crippen molar-refractivity contribution in [3.05, 3.63) is 52.8 Å². The Morgan fingerprint density at radius 3 is 2.40 bits per heavy atom. The molecular weight excluding hydrogens is 408 g/mol. The Balaban J connectivity index is 2.22. The van der Waals surface area contributed by atoms with E-state index < -0.39 is 21.7 Å². The first-order chi connectivity index (χ1) is 11.5. The van der Waals surface area contributed by atoms with Gasteiger partial charge in [-0.1, -0.05) is 18.2 Å². The normalized spacial score (nSPS) is 12.0. The zero-order chi connectivity index (χ0) is 18.8. The van der Waals surface area contributed by atoms with Crippen LogP contribution in [0.3, 0.4) is 0 Å². The number of rotatable bonds is 4. The molecule has 0 aliphatic carbocycles. The predicted molar refractivity (Wildman–Crippen MR) is 98.9 cm³/mol. The fourth-order valence-corrected chi connectivity index (χ4v) is 4.37. The van der Waals surface area contributed by atoms with Gasteiger partial charge < -0.3 is 9.64 Å². The van der Waals surface area contributed by atoms with Gasteiger partial charge in [0.1, 0.15) is 10.2 Å². The van der Waals surface area contributed by atoms with Gasteiger partial charge in [-0.2, -0.15) is 0 Å². The third-order valence-corrected chi connectivity index (χ3v) is 5.76. The molecule has 136 valence electrons. The molecule has 1 aromatic carbocycles. The van der Waals surface area contributed by atoms with Gasteiger partial charge in [-0.05, 0) is 60.5 Å². The number of hydrogen-bond donors (Lipinski definition) is 0.